The van der Waals surface area contributed by atoms with Crippen molar-refractivity contribution in [1.29, 1.82) is 0 Å². The minimum Gasteiger partial charge on any atom is -0.396 e. The molecule has 0 aliphatic carbocycles. The number of aliphatic hydroxyl groups is 1. The normalized spacial score (nSPS) is 19.9. The third-order valence-corrected chi connectivity index (χ3v) is 3.73. The third-order valence-electron chi connectivity index (χ3n) is 3.73. The Morgan fingerprint density at radius 1 is 1.44 bits per heavy atom. The minimum absolute atomic E-state index is 0.0917. The number of hydrogen-bond acceptors (Lipinski definition) is 3. The van der Waals surface area contributed by atoms with Crippen molar-refractivity contribution in [2.24, 2.45) is 5.92 Å². The maximum atomic E-state index is 11.8. The molecule has 5 nitrogen and oxygen atoms in total. The Hall–Kier alpha value is -1.36. The molecule has 1 aromatic heterocycles. The number of aromatic nitrogens is 2. The first kappa shape index (κ1) is 13.1. The van der Waals surface area contributed by atoms with Gasteiger partial charge < -0.3 is 10.0 Å². The van der Waals surface area contributed by atoms with Crippen LogP contribution in [0.2, 0.25) is 0 Å². The standard InChI is InChI=1S/C13H21N3O2/c1-4-16-10(3)12(9(2)14-16)7-15-6-11(8-17)5-13(15)18/h11,17H,4-8H2,1-3H3. The Morgan fingerprint density at radius 3 is 2.67 bits per heavy atom. The van der Waals surface area contributed by atoms with Crippen LogP contribution in [0.4, 0.5) is 0 Å². The molecule has 1 amide bonds. The highest BCUT2D eigenvalue weighted by Gasteiger charge is 2.30. The molecule has 2 heterocycles. The predicted molar refractivity (Wildman–Crippen MR) is 68.0 cm³/mol. The lowest BCUT2D eigenvalue weighted by Gasteiger charge is -2.16. The zero-order valence-corrected chi connectivity index (χ0v) is 11.3. The third kappa shape index (κ3) is 2.27. The maximum Gasteiger partial charge on any atom is 0.223 e. The van der Waals surface area contributed by atoms with Gasteiger partial charge in [0.05, 0.1) is 5.69 Å². The average Bonchev–Trinajstić information content (AvgIpc) is 2.84. The number of amides is 1. The molecule has 1 N–H and O–H groups in total. The fraction of sp³-hybridized carbons (Fsp3) is 0.692. The van der Waals surface area contributed by atoms with Gasteiger partial charge in [-0.05, 0) is 20.8 Å². The summed E-state index contributed by atoms with van der Waals surface area (Å²) in [5.41, 5.74) is 3.27. The van der Waals surface area contributed by atoms with Crippen LogP contribution < -0.4 is 0 Å². The molecule has 1 aliphatic heterocycles. The lowest BCUT2D eigenvalue weighted by atomic mass is 10.1. The van der Waals surface area contributed by atoms with Gasteiger partial charge in [-0.3, -0.25) is 9.48 Å². The van der Waals surface area contributed by atoms with E-state index in [2.05, 4.69) is 12.0 Å². The Bertz CT molecular complexity index is 453. The highest BCUT2D eigenvalue weighted by atomic mass is 16.3. The van der Waals surface area contributed by atoms with Crippen molar-refractivity contribution in [2.75, 3.05) is 13.2 Å². The number of hydrogen-bond donors (Lipinski definition) is 1. The Labute approximate surface area is 107 Å². The van der Waals surface area contributed by atoms with Crippen molar-refractivity contribution in [1.82, 2.24) is 14.7 Å². The minimum atomic E-state index is 0.0917. The van der Waals surface area contributed by atoms with E-state index >= 15 is 0 Å². The molecular formula is C13H21N3O2. The average molecular weight is 251 g/mol. The van der Waals surface area contributed by atoms with Crippen molar-refractivity contribution in [3.8, 4) is 0 Å². The summed E-state index contributed by atoms with van der Waals surface area (Å²) in [6, 6.07) is 0. The molecule has 0 aromatic carbocycles. The van der Waals surface area contributed by atoms with E-state index in [9.17, 15) is 4.79 Å². The molecule has 0 bridgehead atoms. The summed E-state index contributed by atoms with van der Waals surface area (Å²) >= 11 is 0. The van der Waals surface area contributed by atoms with Crippen molar-refractivity contribution in [2.45, 2.75) is 40.3 Å². The highest BCUT2D eigenvalue weighted by Crippen LogP contribution is 2.22. The molecule has 18 heavy (non-hydrogen) atoms. The quantitative estimate of drug-likeness (QED) is 0.863. The van der Waals surface area contributed by atoms with Crippen LogP contribution in [0.5, 0.6) is 0 Å². The van der Waals surface area contributed by atoms with Crippen LogP contribution in [-0.4, -0.2) is 38.8 Å². The van der Waals surface area contributed by atoms with E-state index in [1.54, 1.807) is 0 Å². The van der Waals surface area contributed by atoms with Crippen molar-refractivity contribution in [3.63, 3.8) is 0 Å². The summed E-state index contributed by atoms with van der Waals surface area (Å²) in [7, 11) is 0. The zero-order valence-electron chi connectivity index (χ0n) is 11.3. The Kier molecular flexibility index (Phi) is 3.71. The van der Waals surface area contributed by atoms with Gasteiger partial charge in [-0.1, -0.05) is 0 Å². The first-order valence-corrected chi connectivity index (χ1v) is 6.48. The molecule has 1 aliphatic rings. The number of rotatable bonds is 4. The summed E-state index contributed by atoms with van der Waals surface area (Å²) in [5, 5.41) is 13.6. The van der Waals surface area contributed by atoms with E-state index in [4.69, 9.17) is 5.11 Å². The van der Waals surface area contributed by atoms with Gasteiger partial charge in [-0.2, -0.15) is 5.10 Å². The smallest absolute Gasteiger partial charge is 0.223 e. The van der Waals surface area contributed by atoms with Gasteiger partial charge in [0.15, 0.2) is 0 Å². The Balaban J connectivity index is 2.15. The van der Waals surface area contributed by atoms with Gasteiger partial charge in [-0.15, -0.1) is 0 Å². The van der Waals surface area contributed by atoms with E-state index in [0.29, 0.717) is 19.5 Å². The monoisotopic (exact) mass is 251 g/mol. The predicted octanol–water partition coefficient (Wildman–Crippen LogP) is 0.861. The first-order chi connectivity index (χ1) is 8.56. The van der Waals surface area contributed by atoms with Gasteiger partial charge in [0.25, 0.3) is 0 Å². The van der Waals surface area contributed by atoms with Gasteiger partial charge in [0.2, 0.25) is 5.91 Å². The van der Waals surface area contributed by atoms with Gasteiger partial charge in [0.1, 0.15) is 0 Å². The van der Waals surface area contributed by atoms with Gasteiger partial charge >= 0.3 is 0 Å². The second-order valence-corrected chi connectivity index (χ2v) is 4.99. The van der Waals surface area contributed by atoms with E-state index < -0.39 is 0 Å². The van der Waals surface area contributed by atoms with Crippen LogP contribution >= 0.6 is 0 Å². The molecule has 100 valence electrons. The lowest BCUT2D eigenvalue weighted by Crippen LogP contribution is -2.25. The molecule has 0 spiro atoms. The molecule has 1 atom stereocenters. The summed E-state index contributed by atoms with van der Waals surface area (Å²) in [5.74, 6) is 0.233. The molecule has 5 heteroatoms. The van der Waals surface area contributed by atoms with Crippen LogP contribution in [0.3, 0.4) is 0 Å². The van der Waals surface area contributed by atoms with Crippen molar-refractivity contribution < 1.29 is 9.90 Å². The van der Waals surface area contributed by atoms with E-state index in [1.165, 1.54) is 0 Å². The maximum absolute atomic E-state index is 11.8. The molecule has 1 aromatic rings. The number of aliphatic hydroxyl groups excluding tert-OH is 1. The largest absolute Gasteiger partial charge is 0.396 e. The summed E-state index contributed by atoms with van der Waals surface area (Å²) in [4.78, 5) is 13.7. The number of carbonyl (C=O) groups is 1. The number of likely N-dealkylation sites (tertiary alicyclic amines) is 1. The molecular weight excluding hydrogens is 230 g/mol. The first-order valence-electron chi connectivity index (χ1n) is 6.48. The van der Waals surface area contributed by atoms with Crippen LogP contribution in [-0.2, 0) is 17.9 Å². The molecule has 1 fully saturated rings. The van der Waals surface area contributed by atoms with Gasteiger partial charge in [-0.25, -0.2) is 0 Å². The molecule has 2 rings (SSSR count). The number of aryl methyl sites for hydroxylation is 2. The highest BCUT2D eigenvalue weighted by molar-refractivity contribution is 5.78. The van der Waals surface area contributed by atoms with Crippen molar-refractivity contribution >= 4 is 5.91 Å². The molecule has 1 unspecified atom stereocenters. The van der Waals surface area contributed by atoms with E-state index in [-0.39, 0.29) is 18.4 Å². The van der Waals surface area contributed by atoms with Crippen LogP contribution in [0.25, 0.3) is 0 Å². The number of nitrogens with zero attached hydrogens (tertiary/aromatic N) is 3. The SMILES string of the molecule is CCn1nc(C)c(CN2CC(CO)CC2=O)c1C. The zero-order chi connectivity index (χ0) is 13.3. The van der Waals surface area contributed by atoms with Crippen LogP contribution in [0.15, 0.2) is 0 Å². The second-order valence-electron chi connectivity index (χ2n) is 4.99. The van der Waals surface area contributed by atoms with Crippen LogP contribution in [0, 0.1) is 19.8 Å². The van der Waals surface area contributed by atoms with E-state index in [1.807, 2.05) is 23.4 Å². The summed E-state index contributed by atoms with van der Waals surface area (Å²) in [6.45, 7) is 8.31. The molecule has 0 radical (unpaired) electrons. The van der Waals surface area contributed by atoms with Crippen LogP contribution in [0.1, 0.15) is 30.3 Å². The molecule has 1 saturated heterocycles. The fourth-order valence-electron chi connectivity index (χ4n) is 2.59. The number of carbonyl (C=O) groups excluding carboxylic acids is 1. The topological polar surface area (TPSA) is 58.4 Å². The van der Waals surface area contributed by atoms with Crippen molar-refractivity contribution in [3.05, 3.63) is 17.0 Å². The summed E-state index contributed by atoms with van der Waals surface area (Å²) < 4.78 is 1.97. The molecule has 0 saturated carbocycles. The lowest BCUT2D eigenvalue weighted by molar-refractivity contribution is -0.128. The van der Waals surface area contributed by atoms with Gasteiger partial charge in [0, 0.05) is 49.8 Å². The fourth-order valence-corrected chi connectivity index (χ4v) is 2.59. The Morgan fingerprint density at radius 2 is 2.17 bits per heavy atom. The van der Waals surface area contributed by atoms with E-state index in [0.717, 1.165) is 23.5 Å². The summed E-state index contributed by atoms with van der Waals surface area (Å²) in [6.07, 6.45) is 0.469. The second kappa shape index (κ2) is 5.10.